The summed E-state index contributed by atoms with van der Waals surface area (Å²) in [6.45, 7) is 0. The van der Waals surface area contributed by atoms with E-state index in [4.69, 9.17) is 0 Å². The molecule has 0 spiro atoms. The maximum absolute atomic E-state index is 2.46. The second kappa shape index (κ2) is 7.16. The van der Waals surface area contributed by atoms with Gasteiger partial charge in [0.15, 0.2) is 0 Å². The maximum Gasteiger partial charge on any atom is 0.265 e. The standard InChI is InChI=1S/C26H19N2.HI/c1-2-10-21(11-3-1)26-27-22(16-14-19-8-4-6-12-24(19)27)18-23-17-15-20-9-5-7-13-25(20)28(23)26;/h1-18,26H;1H/q+1;/p-1. The molecule has 2 aliphatic heterocycles. The Hall–Kier alpha value is -2.92. The van der Waals surface area contributed by atoms with Gasteiger partial charge in [0.1, 0.15) is 0 Å². The van der Waals surface area contributed by atoms with Crippen molar-refractivity contribution in [2.45, 2.75) is 6.17 Å². The molecule has 0 aliphatic carbocycles. The van der Waals surface area contributed by atoms with Gasteiger partial charge in [-0.25, -0.2) is 0 Å². The predicted octanol–water partition coefficient (Wildman–Crippen LogP) is 2.57. The Morgan fingerprint density at radius 3 is 2.34 bits per heavy atom. The predicted molar refractivity (Wildman–Crippen MR) is 115 cm³/mol. The number of halogens is 1. The number of nitrogens with zero attached hydrogens (tertiary/aromatic N) is 2. The molecule has 140 valence electrons. The third kappa shape index (κ3) is 2.80. The van der Waals surface area contributed by atoms with E-state index in [0.29, 0.717) is 0 Å². The quantitative estimate of drug-likeness (QED) is 0.297. The van der Waals surface area contributed by atoms with Crippen molar-refractivity contribution in [3.63, 3.8) is 0 Å². The van der Waals surface area contributed by atoms with E-state index >= 15 is 0 Å². The second-order valence-corrected chi connectivity index (χ2v) is 7.30. The van der Waals surface area contributed by atoms with Gasteiger partial charge in [0, 0.05) is 29.2 Å². The highest BCUT2D eigenvalue weighted by molar-refractivity contribution is 5.82. The first-order valence-corrected chi connectivity index (χ1v) is 9.66. The van der Waals surface area contributed by atoms with E-state index < -0.39 is 0 Å². The minimum atomic E-state index is 0. The van der Waals surface area contributed by atoms with Crippen LogP contribution in [0.3, 0.4) is 0 Å². The summed E-state index contributed by atoms with van der Waals surface area (Å²) < 4.78 is 2.46. The minimum Gasteiger partial charge on any atom is -1.00 e. The number of allylic oxidation sites excluding steroid dienone is 1. The van der Waals surface area contributed by atoms with E-state index in [0.717, 1.165) is 0 Å². The zero-order valence-electron chi connectivity index (χ0n) is 15.7. The highest BCUT2D eigenvalue weighted by atomic mass is 127. The number of fused-ring (bicyclic) bond motifs is 6. The summed E-state index contributed by atoms with van der Waals surface area (Å²) in [5.41, 5.74) is 7.48. The van der Waals surface area contributed by atoms with Crippen LogP contribution < -0.4 is 33.4 Å². The van der Waals surface area contributed by atoms with Gasteiger partial charge >= 0.3 is 0 Å². The zero-order valence-corrected chi connectivity index (χ0v) is 17.9. The van der Waals surface area contributed by atoms with Crippen LogP contribution in [0.1, 0.15) is 23.0 Å². The Morgan fingerprint density at radius 2 is 1.45 bits per heavy atom. The topological polar surface area (TPSA) is 7.12 Å². The molecule has 4 aromatic rings. The number of pyridine rings is 1. The summed E-state index contributed by atoms with van der Waals surface area (Å²) in [6, 6.07) is 32.5. The van der Waals surface area contributed by atoms with Crippen LogP contribution in [0.15, 0.2) is 103 Å². The van der Waals surface area contributed by atoms with Crippen LogP contribution in [0.25, 0.3) is 23.1 Å². The number of hydrogen-bond donors (Lipinski definition) is 0. The summed E-state index contributed by atoms with van der Waals surface area (Å²) in [5, 5.41) is 1.25. The van der Waals surface area contributed by atoms with Gasteiger partial charge < -0.3 is 24.0 Å². The maximum atomic E-state index is 2.46. The average Bonchev–Trinajstić information content (AvgIpc) is 2.78. The Balaban J connectivity index is 0.00000181. The molecular formula is C26H19IN2. The van der Waals surface area contributed by atoms with Crippen LogP contribution in [0.4, 0.5) is 5.69 Å². The van der Waals surface area contributed by atoms with Crippen LogP contribution in [0, 0.1) is 0 Å². The van der Waals surface area contributed by atoms with Gasteiger partial charge in [0.2, 0.25) is 11.2 Å². The molecule has 6 rings (SSSR count). The molecule has 0 radical (unpaired) electrons. The number of rotatable bonds is 1. The van der Waals surface area contributed by atoms with Crippen molar-refractivity contribution in [2.75, 3.05) is 4.90 Å². The lowest BCUT2D eigenvalue weighted by molar-refractivity contribution is -0.690. The Morgan fingerprint density at radius 1 is 0.690 bits per heavy atom. The third-order valence-corrected chi connectivity index (χ3v) is 5.70. The molecular weight excluding hydrogens is 467 g/mol. The number of anilines is 1. The molecule has 0 bridgehead atoms. The highest BCUT2D eigenvalue weighted by Crippen LogP contribution is 2.40. The van der Waals surface area contributed by atoms with Gasteiger partial charge in [-0.15, -0.1) is 0 Å². The van der Waals surface area contributed by atoms with Gasteiger partial charge in [-0.3, -0.25) is 4.90 Å². The largest absolute Gasteiger partial charge is 1.00 e. The van der Waals surface area contributed by atoms with Crippen molar-refractivity contribution < 1.29 is 28.5 Å². The van der Waals surface area contributed by atoms with E-state index in [2.05, 4.69) is 119 Å². The van der Waals surface area contributed by atoms with Gasteiger partial charge in [-0.2, -0.15) is 4.57 Å². The molecule has 3 heterocycles. The van der Waals surface area contributed by atoms with Crippen LogP contribution in [-0.2, 0) is 0 Å². The monoisotopic (exact) mass is 486 g/mol. The third-order valence-electron chi connectivity index (χ3n) is 5.70. The molecule has 0 saturated carbocycles. The zero-order chi connectivity index (χ0) is 18.5. The molecule has 0 saturated heterocycles. The molecule has 1 unspecified atom stereocenters. The van der Waals surface area contributed by atoms with Crippen molar-refractivity contribution in [1.29, 1.82) is 0 Å². The fourth-order valence-electron chi connectivity index (χ4n) is 4.46. The van der Waals surface area contributed by atoms with Gasteiger partial charge in [-0.05, 0) is 29.8 Å². The van der Waals surface area contributed by atoms with Crippen LogP contribution in [0.2, 0.25) is 0 Å². The van der Waals surface area contributed by atoms with E-state index in [1.54, 1.807) is 0 Å². The Labute approximate surface area is 187 Å². The molecule has 29 heavy (non-hydrogen) atoms. The van der Waals surface area contributed by atoms with Gasteiger partial charge in [-0.1, -0.05) is 66.7 Å². The van der Waals surface area contributed by atoms with E-state index in [-0.39, 0.29) is 30.1 Å². The number of benzene rings is 3. The van der Waals surface area contributed by atoms with E-state index in [9.17, 15) is 0 Å². The van der Waals surface area contributed by atoms with E-state index in [1.807, 2.05) is 0 Å². The normalized spacial score (nSPS) is 16.3. The minimum absolute atomic E-state index is 0. The first kappa shape index (κ1) is 18.1. The first-order chi connectivity index (χ1) is 13.9. The summed E-state index contributed by atoms with van der Waals surface area (Å²) >= 11 is 0. The molecule has 1 aromatic heterocycles. The summed E-state index contributed by atoms with van der Waals surface area (Å²) in [4.78, 5) is 2.46. The van der Waals surface area contributed by atoms with Crippen LogP contribution >= 0.6 is 0 Å². The number of aromatic nitrogens is 1. The molecule has 0 N–H and O–H groups in total. The molecule has 1 atom stereocenters. The lowest BCUT2D eigenvalue weighted by Gasteiger charge is -2.37. The van der Waals surface area contributed by atoms with Gasteiger partial charge in [0.05, 0.1) is 11.4 Å². The number of hydrogen-bond acceptors (Lipinski definition) is 1. The van der Waals surface area contributed by atoms with E-state index in [1.165, 1.54) is 39.1 Å². The lowest BCUT2D eigenvalue weighted by Crippen LogP contribution is -3.00. The summed E-state index contributed by atoms with van der Waals surface area (Å²) in [5.74, 6) is 0. The highest BCUT2D eigenvalue weighted by Gasteiger charge is 2.39. The smallest absolute Gasteiger partial charge is 0.265 e. The summed E-state index contributed by atoms with van der Waals surface area (Å²) in [6.07, 6.45) is 6.81. The molecule has 2 aliphatic rings. The molecule has 3 heteroatoms. The van der Waals surface area contributed by atoms with Crippen LogP contribution in [-0.4, -0.2) is 0 Å². The number of para-hydroxylation sites is 2. The SMILES string of the molecule is C1=Cc2ccccc2N2C1=Cc1ccc3ccccc3[n+]1C2c1ccccc1.[I-]. The average molecular weight is 486 g/mol. The van der Waals surface area contributed by atoms with Crippen molar-refractivity contribution in [3.8, 4) is 0 Å². The van der Waals surface area contributed by atoms with Gasteiger partial charge in [0.25, 0.3) is 6.17 Å². The molecule has 3 aromatic carbocycles. The lowest BCUT2D eigenvalue weighted by atomic mass is 9.98. The fourth-order valence-corrected chi connectivity index (χ4v) is 4.46. The molecule has 2 nitrogen and oxygen atoms in total. The van der Waals surface area contributed by atoms with Crippen molar-refractivity contribution in [3.05, 3.63) is 120 Å². The van der Waals surface area contributed by atoms with Crippen LogP contribution in [0.5, 0.6) is 0 Å². The second-order valence-electron chi connectivity index (χ2n) is 7.30. The summed E-state index contributed by atoms with van der Waals surface area (Å²) in [7, 11) is 0. The molecule has 0 fully saturated rings. The Bertz CT molecular complexity index is 1270. The van der Waals surface area contributed by atoms with Crippen molar-refractivity contribution in [1.82, 2.24) is 0 Å². The van der Waals surface area contributed by atoms with Crippen molar-refractivity contribution >= 4 is 28.7 Å². The molecule has 0 amide bonds. The van der Waals surface area contributed by atoms with Crippen molar-refractivity contribution in [2.24, 2.45) is 0 Å². The first-order valence-electron chi connectivity index (χ1n) is 9.66. The fraction of sp³-hybridized carbons (Fsp3) is 0.0385. The Kier molecular flexibility index (Phi) is 4.47.